The largest absolute Gasteiger partial charge is 0.355 e. The van der Waals surface area contributed by atoms with Gasteiger partial charge in [-0.15, -0.1) is 0 Å². The smallest absolute Gasteiger partial charge is 0.164 e. The van der Waals surface area contributed by atoms with E-state index in [0.29, 0.717) is 34.9 Å². The number of nitrogens with zero attached hydrogens (tertiary/aromatic N) is 7. The molecule has 16 rings (SSSR count). The number of hydrogen-bond donors (Lipinski definition) is 1. The molecule has 4 aromatic heterocycles. The summed E-state index contributed by atoms with van der Waals surface area (Å²) in [6.45, 7) is 0. The highest BCUT2D eigenvalue weighted by Crippen LogP contribution is 2.38. The second kappa shape index (κ2) is 22.4. The van der Waals surface area contributed by atoms with E-state index < -0.39 is 0 Å². The minimum absolute atomic E-state index is 0.644. The lowest BCUT2D eigenvalue weighted by Crippen LogP contribution is -2.01. The van der Waals surface area contributed by atoms with Crippen molar-refractivity contribution in [2.24, 2.45) is 0 Å². The molecule has 0 spiro atoms. The number of nitrogens with one attached hydrogen (secondary N) is 1. The van der Waals surface area contributed by atoms with Crippen LogP contribution in [0.1, 0.15) is 0 Å². The van der Waals surface area contributed by atoms with Crippen LogP contribution >= 0.6 is 15.9 Å². The number of rotatable bonds is 7. The molecule has 4 heterocycles. The van der Waals surface area contributed by atoms with Crippen molar-refractivity contribution in [1.29, 1.82) is 0 Å². The Morgan fingerprint density at radius 1 is 0.253 bits per heavy atom. The molecular formula is C74H49BrN8. The summed E-state index contributed by atoms with van der Waals surface area (Å²) < 4.78 is 3.39. The minimum atomic E-state index is 0.644. The van der Waals surface area contributed by atoms with Crippen molar-refractivity contribution < 1.29 is 0 Å². The van der Waals surface area contributed by atoms with Gasteiger partial charge in [0, 0.05) is 75.8 Å². The number of aromatic nitrogens is 8. The summed E-state index contributed by atoms with van der Waals surface area (Å²) in [4.78, 5) is 32.7. The number of hydrogen-bond acceptors (Lipinski definition) is 6. The molecule has 0 bridgehead atoms. The van der Waals surface area contributed by atoms with E-state index in [9.17, 15) is 0 Å². The Bertz CT molecular complexity index is 4770. The number of H-pyrrole nitrogens is 1. The van der Waals surface area contributed by atoms with Gasteiger partial charge in [-0.2, -0.15) is 0 Å². The van der Waals surface area contributed by atoms with E-state index in [1.807, 2.05) is 133 Å². The average Bonchev–Trinajstić information content (AvgIpc) is 4.20. The molecule has 0 atom stereocenters. The molecule has 0 saturated carbocycles. The van der Waals surface area contributed by atoms with Crippen molar-refractivity contribution in [3.05, 3.63) is 296 Å². The minimum Gasteiger partial charge on any atom is -0.355 e. The maximum absolute atomic E-state index is 5.02. The number of para-hydroxylation sites is 4. The van der Waals surface area contributed by atoms with Crippen molar-refractivity contribution in [3.63, 3.8) is 0 Å². The van der Waals surface area contributed by atoms with Gasteiger partial charge >= 0.3 is 0 Å². The second-order valence-electron chi connectivity index (χ2n) is 20.1. The second-order valence-corrected chi connectivity index (χ2v) is 20.9. The van der Waals surface area contributed by atoms with E-state index in [1.165, 1.54) is 49.0 Å². The van der Waals surface area contributed by atoms with Crippen LogP contribution < -0.4 is 0 Å². The van der Waals surface area contributed by atoms with Crippen molar-refractivity contribution >= 4 is 81.1 Å². The molecule has 0 aliphatic heterocycles. The van der Waals surface area contributed by atoms with Gasteiger partial charge in [-0.3, -0.25) is 0 Å². The van der Waals surface area contributed by atoms with Gasteiger partial charge in [-0.05, 0) is 64.7 Å². The molecule has 0 aliphatic carbocycles. The average molecular weight is 1130 g/mol. The predicted octanol–water partition coefficient (Wildman–Crippen LogP) is 19.2. The Hall–Kier alpha value is -10.7. The van der Waals surface area contributed by atoms with Crippen LogP contribution in [-0.4, -0.2) is 39.5 Å². The third kappa shape index (κ3) is 10.2. The first-order valence-corrected chi connectivity index (χ1v) is 28.3. The van der Waals surface area contributed by atoms with Crippen molar-refractivity contribution in [2.75, 3.05) is 0 Å². The summed E-state index contributed by atoms with van der Waals surface area (Å²) in [6, 6.07) is 99.6. The van der Waals surface area contributed by atoms with E-state index in [1.54, 1.807) is 0 Å². The zero-order valence-corrected chi connectivity index (χ0v) is 46.3. The standard InChI is InChI=1S/C37H24N4.C25H16BrN3.C12H9N/c1-3-13-25(14-4-1)35-38-36(26-15-5-2-6-16-26)40-37(39-35)28-23-27-17-7-8-18-29(27)34(24-28)41-32-21-11-9-19-30(32)31-20-10-12-22-33(31)41;26-22-16-20(15-19-13-7-8-14-21(19)22)25-28-23(17-9-3-1-4-10-17)27-24(29-25)18-11-5-2-6-12-18;1-3-7-11-9(5-1)10-6-2-4-8-12(10)13-11/h1-24H;1-16H;1-8,13H. The van der Waals surface area contributed by atoms with E-state index in [4.69, 9.17) is 29.9 Å². The molecule has 83 heavy (non-hydrogen) atoms. The lowest BCUT2D eigenvalue weighted by atomic mass is 10.0. The molecule has 0 unspecified atom stereocenters. The first-order chi connectivity index (χ1) is 41.1. The highest BCUT2D eigenvalue weighted by atomic mass is 79.9. The molecular weight excluding hydrogens is 1080 g/mol. The summed E-state index contributed by atoms with van der Waals surface area (Å²) in [7, 11) is 0. The quantitative estimate of drug-likeness (QED) is 0.171. The Morgan fingerprint density at radius 3 is 0.976 bits per heavy atom. The number of benzene rings is 12. The van der Waals surface area contributed by atoms with E-state index in [2.05, 4.69) is 183 Å². The van der Waals surface area contributed by atoms with Gasteiger partial charge in [0.25, 0.3) is 0 Å². The van der Waals surface area contributed by atoms with Crippen LogP contribution in [0.2, 0.25) is 0 Å². The van der Waals surface area contributed by atoms with Crippen LogP contribution in [0.5, 0.6) is 0 Å². The molecule has 16 aromatic rings. The van der Waals surface area contributed by atoms with Crippen LogP contribution in [0.25, 0.3) is 139 Å². The van der Waals surface area contributed by atoms with Crippen LogP contribution in [0, 0.1) is 0 Å². The molecule has 0 radical (unpaired) electrons. The Labute approximate surface area is 487 Å². The van der Waals surface area contributed by atoms with Gasteiger partial charge in [0.15, 0.2) is 34.9 Å². The first kappa shape index (κ1) is 50.5. The Kier molecular flexibility index (Phi) is 13.6. The number of halogens is 1. The predicted molar refractivity (Wildman–Crippen MR) is 345 cm³/mol. The monoisotopic (exact) mass is 1130 g/mol. The normalized spacial score (nSPS) is 11.2. The zero-order chi connectivity index (χ0) is 55.5. The molecule has 1 N–H and O–H groups in total. The fourth-order valence-corrected chi connectivity index (χ4v) is 11.5. The molecule has 9 heteroatoms. The van der Waals surface area contributed by atoms with Gasteiger partial charge in [-0.25, -0.2) is 29.9 Å². The Balaban J connectivity index is 0.000000126. The summed E-state index contributed by atoms with van der Waals surface area (Å²) in [5.74, 6) is 3.94. The SMILES string of the molecule is Brc1cc(-c2nc(-c3ccccc3)nc(-c3ccccc3)n2)cc2ccccc12.c1ccc(-c2nc(-c3ccccc3)nc(-c3cc(-n4c5ccccc5c5ccccc54)c4ccccc4c3)n2)cc1.c1ccc2c(c1)[nH]c1ccccc12. The highest BCUT2D eigenvalue weighted by Gasteiger charge is 2.19. The fraction of sp³-hybridized carbons (Fsp3) is 0. The van der Waals surface area contributed by atoms with E-state index in [0.717, 1.165) is 59.7 Å². The maximum Gasteiger partial charge on any atom is 0.164 e. The van der Waals surface area contributed by atoms with E-state index in [-0.39, 0.29) is 0 Å². The van der Waals surface area contributed by atoms with Gasteiger partial charge in [0.2, 0.25) is 0 Å². The van der Waals surface area contributed by atoms with Gasteiger partial charge in [0.1, 0.15) is 0 Å². The van der Waals surface area contributed by atoms with Gasteiger partial charge in [0.05, 0.1) is 16.7 Å². The Morgan fingerprint density at radius 2 is 0.554 bits per heavy atom. The summed E-state index contributed by atoms with van der Waals surface area (Å²) in [6.07, 6.45) is 0. The van der Waals surface area contributed by atoms with Crippen molar-refractivity contribution in [3.8, 4) is 74.0 Å². The van der Waals surface area contributed by atoms with Crippen LogP contribution in [-0.2, 0) is 0 Å². The number of aromatic amines is 1. The summed E-state index contributed by atoms with van der Waals surface area (Å²) in [5.41, 5.74) is 11.6. The van der Waals surface area contributed by atoms with Crippen molar-refractivity contribution in [1.82, 2.24) is 39.5 Å². The topological polar surface area (TPSA) is 98.1 Å². The zero-order valence-electron chi connectivity index (χ0n) is 44.7. The van der Waals surface area contributed by atoms with Gasteiger partial charge in [-0.1, -0.05) is 259 Å². The van der Waals surface area contributed by atoms with E-state index >= 15 is 0 Å². The lowest BCUT2D eigenvalue weighted by Gasteiger charge is -2.15. The van der Waals surface area contributed by atoms with Crippen molar-refractivity contribution in [2.45, 2.75) is 0 Å². The van der Waals surface area contributed by atoms with Crippen LogP contribution in [0.15, 0.2) is 296 Å². The summed E-state index contributed by atoms with van der Waals surface area (Å²) >= 11 is 3.70. The molecule has 12 aromatic carbocycles. The molecule has 392 valence electrons. The fourth-order valence-electron chi connectivity index (χ4n) is 10.9. The van der Waals surface area contributed by atoms with Gasteiger partial charge < -0.3 is 9.55 Å². The lowest BCUT2D eigenvalue weighted by molar-refractivity contribution is 1.07. The van der Waals surface area contributed by atoms with Crippen LogP contribution in [0.4, 0.5) is 0 Å². The molecule has 0 fully saturated rings. The first-order valence-electron chi connectivity index (χ1n) is 27.5. The number of fused-ring (bicyclic) bond motifs is 8. The summed E-state index contributed by atoms with van der Waals surface area (Å²) in [5, 5.41) is 9.67. The molecule has 8 nitrogen and oxygen atoms in total. The molecule has 0 aliphatic rings. The third-order valence-corrected chi connectivity index (χ3v) is 15.5. The van der Waals surface area contributed by atoms with Crippen LogP contribution in [0.3, 0.4) is 0 Å². The molecule has 0 saturated heterocycles. The highest BCUT2D eigenvalue weighted by molar-refractivity contribution is 9.10. The third-order valence-electron chi connectivity index (χ3n) is 14.8. The molecule has 0 amide bonds. The maximum atomic E-state index is 5.02.